The molecule has 0 heterocycles. The maximum absolute atomic E-state index is 12.3. The Morgan fingerprint density at radius 1 is 1.14 bits per heavy atom. The van der Waals surface area contributed by atoms with E-state index >= 15 is 0 Å². The molecule has 116 valence electrons. The number of ether oxygens (including phenoxy) is 1. The molecule has 0 atom stereocenters. The van der Waals surface area contributed by atoms with Crippen molar-refractivity contribution < 1.29 is 17.9 Å². The maximum atomic E-state index is 12.3. The summed E-state index contributed by atoms with van der Waals surface area (Å²) in [6.45, 7) is 1.82. The highest BCUT2D eigenvalue weighted by Gasteiger charge is 2.21. The number of hydrogen-bond acceptors (Lipinski definition) is 4. The van der Waals surface area contributed by atoms with Crippen LogP contribution in [0.1, 0.15) is 17.3 Å². The molecule has 0 spiro atoms. The van der Waals surface area contributed by atoms with Crippen molar-refractivity contribution in [3.05, 3.63) is 59.1 Å². The van der Waals surface area contributed by atoms with Gasteiger partial charge >= 0.3 is 5.97 Å². The molecular formula is C15H14ClNO4S. The molecule has 2 aromatic rings. The third-order valence-corrected chi connectivity index (χ3v) is 4.49. The summed E-state index contributed by atoms with van der Waals surface area (Å²) in [6.07, 6.45) is 0. The Morgan fingerprint density at radius 3 is 2.45 bits per heavy atom. The van der Waals surface area contributed by atoms with Crippen LogP contribution in [0.15, 0.2) is 53.4 Å². The summed E-state index contributed by atoms with van der Waals surface area (Å²) in [5, 5.41) is 0.117. The topological polar surface area (TPSA) is 72.5 Å². The van der Waals surface area contributed by atoms with Gasteiger partial charge in [-0.15, -0.1) is 0 Å². The summed E-state index contributed by atoms with van der Waals surface area (Å²) < 4.78 is 32.0. The third kappa shape index (κ3) is 3.58. The zero-order chi connectivity index (χ0) is 16.2. The second-order valence-electron chi connectivity index (χ2n) is 4.30. The van der Waals surface area contributed by atoms with Gasteiger partial charge in [0.1, 0.15) is 5.56 Å². The van der Waals surface area contributed by atoms with E-state index in [-0.39, 0.29) is 27.8 Å². The van der Waals surface area contributed by atoms with Crippen LogP contribution in [0.4, 0.5) is 5.69 Å². The first-order chi connectivity index (χ1) is 10.5. The summed E-state index contributed by atoms with van der Waals surface area (Å²) in [5.74, 6) is -0.682. The fourth-order valence-corrected chi connectivity index (χ4v) is 3.17. The fourth-order valence-electron chi connectivity index (χ4n) is 1.82. The SMILES string of the molecule is CCOC(=O)c1c(Cl)cccc1NS(=O)(=O)c1ccccc1. The molecule has 7 heteroatoms. The largest absolute Gasteiger partial charge is 0.462 e. The molecule has 5 nitrogen and oxygen atoms in total. The average molecular weight is 340 g/mol. The highest BCUT2D eigenvalue weighted by molar-refractivity contribution is 7.92. The van der Waals surface area contributed by atoms with Crippen LogP contribution in [0.3, 0.4) is 0 Å². The molecule has 22 heavy (non-hydrogen) atoms. The number of halogens is 1. The molecule has 2 aromatic carbocycles. The smallest absolute Gasteiger partial charge is 0.341 e. The van der Waals surface area contributed by atoms with Crippen LogP contribution in [-0.4, -0.2) is 21.0 Å². The standard InChI is InChI=1S/C15H14ClNO4S/c1-2-21-15(18)14-12(16)9-6-10-13(14)17-22(19,20)11-7-4-3-5-8-11/h3-10,17H,2H2,1H3. The summed E-state index contributed by atoms with van der Waals surface area (Å²) in [7, 11) is -3.82. The van der Waals surface area contributed by atoms with Gasteiger partial charge < -0.3 is 4.74 Å². The second kappa shape index (κ2) is 6.81. The van der Waals surface area contributed by atoms with Crippen LogP contribution in [0, 0.1) is 0 Å². The number of benzene rings is 2. The quantitative estimate of drug-likeness (QED) is 0.848. The second-order valence-corrected chi connectivity index (χ2v) is 6.39. The first kappa shape index (κ1) is 16.3. The lowest BCUT2D eigenvalue weighted by atomic mass is 10.2. The normalized spacial score (nSPS) is 11.0. The molecule has 0 aromatic heterocycles. The lowest BCUT2D eigenvalue weighted by Gasteiger charge is -2.13. The molecule has 0 fully saturated rings. The minimum Gasteiger partial charge on any atom is -0.462 e. The molecule has 0 aliphatic rings. The number of esters is 1. The molecule has 1 N–H and O–H groups in total. The van der Waals surface area contributed by atoms with Gasteiger partial charge in [0.15, 0.2) is 0 Å². The summed E-state index contributed by atoms with van der Waals surface area (Å²) in [4.78, 5) is 12.1. The van der Waals surface area contributed by atoms with Gasteiger partial charge in [-0.3, -0.25) is 4.72 Å². The van der Waals surface area contributed by atoms with Crippen LogP contribution in [0.2, 0.25) is 5.02 Å². The number of hydrogen-bond donors (Lipinski definition) is 1. The minimum atomic E-state index is -3.82. The molecule has 2 rings (SSSR count). The fraction of sp³-hybridized carbons (Fsp3) is 0.133. The molecule has 0 radical (unpaired) electrons. The Hall–Kier alpha value is -2.05. The van der Waals surface area contributed by atoms with E-state index in [1.165, 1.54) is 24.3 Å². The zero-order valence-corrected chi connectivity index (χ0v) is 13.3. The Labute approximate surface area is 133 Å². The van der Waals surface area contributed by atoms with Crippen molar-refractivity contribution in [2.45, 2.75) is 11.8 Å². The lowest BCUT2D eigenvalue weighted by Crippen LogP contribution is -2.16. The maximum Gasteiger partial charge on any atom is 0.341 e. The van der Waals surface area contributed by atoms with Crippen LogP contribution < -0.4 is 4.72 Å². The van der Waals surface area contributed by atoms with E-state index in [1.54, 1.807) is 31.2 Å². The predicted molar refractivity (Wildman–Crippen MR) is 84.7 cm³/mol. The summed E-state index contributed by atoms with van der Waals surface area (Å²) in [5.41, 5.74) is 0.0697. The molecule has 0 bridgehead atoms. The van der Waals surface area contributed by atoms with Crippen molar-refractivity contribution in [2.75, 3.05) is 11.3 Å². The Bertz CT molecular complexity index is 775. The number of anilines is 1. The first-order valence-corrected chi connectivity index (χ1v) is 8.35. The van der Waals surface area contributed by atoms with E-state index in [0.29, 0.717) is 0 Å². The van der Waals surface area contributed by atoms with E-state index in [0.717, 1.165) is 0 Å². The molecular weight excluding hydrogens is 326 g/mol. The van der Waals surface area contributed by atoms with E-state index in [9.17, 15) is 13.2 Å². The molecule has 0 saturated heterocycles. The highest BCUT2D eigenvalue weighted by atomic mass is 35.5. The predicted octanol–water partition coefficient (Wildman–Crippen LogP) is 3.32. The molecule has 0 unspecified atom stereocenters. The average Bonchev–Trinajstić information content (AvgIpc) is 2.48. The first-order valence-electron chi connectivity index (χ1n) is 6.49. The van der Waals surface area contributed by atoms with Crippen molar-refractivity contribution in [3.63, 3.8) is 0 Å². The van der Waals surface area contributed by atoms with Crippen molar-refractivity contribution in [1.82, 2.24) is 0 Å². The minimum absolute atomic E-state index is 0.00878. The number of carbonyl (C=O) groups is 1. The van der Waals surface area contributed by atoms with Gasteiger partial charge in [-0.05, 0) is 31.2 Å². The molecule has 0 aliphatic heterocycles. The summed E-state index contributed by atoms with van der Waals surface area (Å²) >= 11 is 6.00. The van der Waals surface area contributed by atoms with Gasteiger partial charge in [0.2, 0.25) is 0 Å². The number of carbonyl (C=O) groups excluding carboxylic acids is 1. The van der Waals surface area contributed by atoms with Gasteiger partial charge in [0.05, 0.1) is 22.2 Å². The van der Waals surface area contributed by atoms with E-state index < -0.39 is 16.0 Å². The van der Waals surface area contributed by atoms with Gasteiger partial charge in [0, 0.05) is 0 Å². The Balaban J connectivity index is 2.42. The molecule has 0 aliphatic carbocycles. The van der Waals surface area contributed by atoms with Crippen LogP contribution in [0.5, 0.6) is 0 Å². The molecule has 0 saturated carbocycles. The van der Waals surface area contributed by atoms with Crippen molar-refractivity contribution >= 4 is 33.3 Å². The van der Waals surface area contributed by atoms with Crippen LogP contribution in [0.25, 0.3) is 0 Å². The van der Waals surface area contributed by atoms with Crippen LogP contribution in [-0.2, 0) is 14.8 Å². The third-order valence-electron chi connectivity index (χ3n) is 2.79. The van der Waals surface area contributed by atoms with Gasteiger partial charge in [-0.25, -0.2) is 13.2 Å². The van der Waals surface area contributed by atoms with Crippen molar-refractivity contribution in [1.29, 1.82) is 0 Å². The number of sulfonamides is 1. The number of nitrogens with one attached hydrogen (secondary N) is 1. The highest BCUT2D eigenvalue weighted by Crippen LogP contribution is 2.27. The lowest BCUT2D eigenvalue weighted by molar-refractivity contribution is 0.0528. The van der Waals surface area contributed by atoms with Crippen molar-refractivity contribution in [3.8, 4) is 0 Å². The van der Waals surface area contributed by atoms with E-state index in [2.05, 4.69) is 4.72 Å². The van der Waals surface area contributed by atoms with Gasteiger partial charge in [0.25, 0.3) is 10.0 Å². The zero-order valence-electron chi connectivity index (χ0n) is 11.7. The Kier molecular flexibility index (Phi) is 5.05. The van der Waals surface area contributed by atoms with E-state index in [1.807, 2.05) is 0 Å². The van der Waals surface area contributed by atoms with E-state index in [4.69, 9.17) is 16.3 Å². The monoisotopic (exact) mass is 339 g/mol. The van der Waals surface area contributed by atoms with Crippen LogP contribution >= 0.6 is 11.6 Å². The van der Waals surface area contributed by atoms with Crippen molar-refractivity contribution in [2.24, 2.45) is 0 Å². The molecule has 0 amide bonds. The van der Waals surface area contributed by atoms with Gasteiger partial charge in [-0.2, -0.15) is 0 Å². The van der Waals surface area contributed by atoms with Gasteiger partial charge in [-0.1, -0.05) is 35.9 Å². The number of rotatable bonds is 5. The summed E-state index contributed by atoms with van der Waals surface area (Å²) in [6, 6.07) is 12.3. The Morgan fingerprint density at radius 2 is 1.82 bits per heavy atom.